The summed E-state index contributed by atoms with van der Waals surface area (Å²) in [6, 6.07) is 20.5. The molecule has 146 valence electrons. The van der Waals surface area contributed by atoms with Gasteiger partial charge in [-0.15, -0.1) is 0 Å². The van der Waals surface area contributed by atoms with Crippen LogP contribution in [0.25, 0.3) is 22.2 Å². The van der Waals surface area contributed by atoms with Crippen molar-refractivity contribution in [1.82, 2.24) is 9.55 Å². The number of hydrogen-bond acceptors (Lipinski definition) is 5. The monoisotopic (exact) mass is 397 g/mol. The van der Waals surface area contributed by atoms with Gasteiger partial charge in [0.15, 0.2) is 0 Å². The maximum atomic E-state index is 12.7. The summed E-state index contributed by atoms with van der Waals surface area (Å²) in [7, 11) is 0. The maximum Gasteiger partial charge on any atom is 0.281 e. The van der Waals surface area contributed by atoms with Crippen LogP contribution in [0.1, 0.15) is 22.5 Å². The van der Waals surface area contributed by atoms with Crippen molar-refractivity contribution in [3.8, 4) is 0 Å². The number of aromatic nitrogens is 2. The molecule has 0 saturated carbocycles. The fourth-order valence-corrected chi connectivity index (χ4v) is 3.88. The van der Waals surface area contributed by atoms with E-state index in [0.29, 0.717) is 28.9 Å². The second-order valence-electron chi connectivity index (χ2n) is 7.03. The fraction of sp³-hybridized carbons (Fsp3) is 0.0435. The predicted molar refractivity (Wildman–Crippen MR) is 113 cm³/mol. The highest BCUT2D eigenvalue weighted by Gasteiger charge is 2.27. The third-order valence-corrected chi connectivity index (χ3v) is 5.32. The highest BCUT2D eigenvalue weighted by atomic mass is 16.6. The molecular formula is C23H15N3O4. The van der Waals surface area contributed by atoms with Gasteiger partial charge in [-0.3, -0.25) is 14.9 Å². The number of aliphatic hydroxyl groups excluding tert-OH is 1. The number of benzene rings is 3. The van der Waals surface area contributed by atoms with Crippen LogP contribution in [0.15, 0.2) is 77.6 Å². The Kier molecular flexibility index (Phi) is 3.96. The molecule has 1 N–H and O–H groups in total. The normalized spacial score (nSPS) is 14.1. The molecule has 1 aliphatic rings. The lowest BCUT2D eigenvalue weighted by Gasteiger charge is -2.26. The van der Waals surface area contributed by atoms with Gasteiger partial charge in [-0.1, -0.05) is 36.4 Å². The van der Waals surface area contributed by atoms with Crippen molar-refractivity contribution in [2.24, 2.45) is 0 Å². The largest absolute Gasteiger partial charge is 0.507 e. The molecule has 30 heavy (non-hydrogen) atoms. The average molecular weight is 397 g/mol. The van der Waals surface area contributed by atoms with Gasteiger partial charge in [0, 0.05) is 17.7 Å². The zero-order valence-electron chi connectivity index (χ0n) is 15.6. The molecule has 1 aliphatic heterocycles. The zero-order chi connectivity index (χ0) is 20.8. The van der Waals surface area contributed by atoms with E-state index >= 15 is 0 Å². The third-order valence-electron chi connectivity index (χ3n) is 5.32. The number of nitro benzene ring substituents is 1. The van der Waals surface area contributed by atoms with E-state index in [4.69, 9.17) is 0 Å². The smallest absolute Gasteiger partial charge is 0.281 e. The Morgan fingerprint density at radius 2 is 1.70 bits per heavy atom. The minimum Gasteiger partial charge on any atom is -0.507 e. The summed E-state index contributed by atoms with van der Waals surface area (Å²) in [6.07, 6.45) is 0. The summed E-state index contributed by atoms with van der Waals surface area (Å²) in [6.45, 7) is 0.510. The Morgan fingerprint density at radius 1 is 1.00 bits per heavy atom. The van der Waals surface area contributed by atoms with Crippen LogP contribution in [0.3, 0.4) is 0 Å². The van der Waals surface area contributed by atoms with Gasteiger partial charge in [0.25, 0.3) is 11.2 Å². The fourth-order valence-electron chi connectivity index (χ4n) is 3.88. The molecule has 3 aromatic carbocycles. The quantitative estimate of drug-likeness (QED) is 0.274. The van der Waals surface area contributed by atoms with Crippen molar-refractivity contribution in [1.29, 1.82) is 0 Å². The SMILES string of the molecule is O=c1nc2n(c3ccccc13)Cc1ccccc1C2=C(O)c1ccc([N+](=O)[O-])cc1. The van der Waals surface area contributed by atoms with E-state index in [9.17, 15) is 20.0 Å². The first-order valence-electron chi connectivity index (χ1n) is 9.31. The Hall–Kier alpha value is -4.26. The number of non-ortho nitro benzene ring substituents is 1. The highest BCUT2D eigenvalue weighted by Crippen LogP contribution is 2.37. The van der Waals surface area contributed by atoms with Crippen molar-refractivity contribution in [3.63, 3.8) is 0 Å². The Balaban J connectivity index is 1.83. The molecule has 2 heterocycles. The van der Waals surface area contributed by atoms with E-state index in [1.54, 1.807) is 12.1 Å². The minimum atomic E-state index is -0.494. The topological polar surface area (TPSA) is 98.3 Å². The molecule has 1 aromatic heterocycles. The number of aliphatic hydroxyl groups is 1. The summed E-state index contributed by atoms with van der Waals surface area (Å²) in [4.78, 5) is 27.4. The van der Waals surface area contributed by atoms with Crippen molar-refractivity contribution < 1.29 is 10.0 Å². The summed E-state index contributed by atoms with van der Waals surface area (Å²) >= 11 is 0. The second-order valence-corrected chi connectivity index (χ2v) is 7.03. The van der Waals surface area contributed by atoms with Gasteiger partial charge in [0.05, 0.1) is 27.9 Å². The Morgan fingerprint density at radius 3 is 2.47 bits per heavy atom. The molecule has 0 unspecified atom stereocenters. The molecule has 0 radical (unpaired) electrons. The van der Waals surface area contributed by atoms with Crippen molar-refractivity contribution >= 4 is 27.9 Å². The van der Waals surface area contributed by atoms with Gasteiger partial charge in [-0.2, -0.15) is 4.98 Å². The van der Waals surface area contributed by atoms with E-state index in [1.807, 2.05) is 41.0 Å². The molecular weight excluding hydrogens is 382 g/mol. The van der Waals surface area contributed by atoms with E-state index in [-0.39, 0.29) is 17.0 Å². The minimum absolute atomic E-state index is 0.0682. The summed E-state index contributed by atoms with van der Waals surface area (Å²) in [5.74, 6) is 0.279. The van der Waals surface area contributed by atoms with E-state index < -0.39 is 4.92 Å². The molecule has 0 bridgehead atoms. The first-order chi connectivity index (χ1) is 14.5. The molecule has 0 atom stereocenters. The number of hydrogen-bond donors (Lipinski definition) is 1. The van der Waals surface area contributed by atoms with Crippen LogP contribution in [0, 0.1) is 10.1 Å². The first-order valence-corrected chi connectivity index (χ1v) is 9.31. The van der Waals surface area contributed by atoms with Gasteiger partial charge in [0.1, 0.15) is 11.6 Å². The van der Waals surface area contributed by atoms with Crippen LogP contribution < -0.4 is 5.56 Å². The molecule has 7 nitrogen and oxygen atoms in total. The van der Waals surface area contributed by atoms with Gasteiger partial charge in [-0.05, 0) is 35.4 Å². The number of fused-ring (bicyclic) bond motifs is 4. The molecule has 4 aromatic rings. The summed E-state index contributed by atoms with van der Waals surface area (Å²) in [5, 5.41) is 22.7. The van der Waals surface area contributed by atoms with Crippen LogP contribution >= 0.6 is 0 Å². The zero-order valence-corrected chi connectivity index (χ0v) is 15.6. The van der Waals surface area contributed by atoms with Crippen LogP contribution in [-0.2, 0) is 6.54 Å². The molecule has 5 rings (SSSR count). The number of para-hydroxylation sites is 1. The summed E-state index contributed by atoms with van der Waals surface area (Å²) in [5.41, 5.74) is 2.87. The lowest BCUT2D eigenvalue weighted by atomic mass is 9.92. The van der Waals surface area contributed by atoms with Crippen LogP contribution in [0.5, 0.6) is 0 Å². The summed E-state index contributed by atoms with van der Waals surface area (Å²) < 4.78 is 1.91. The van der Waals surface area contributed by atoms with Crippen molar-refractivity contribution in [3.05, 3.63) is 116 Å². The maximum absolute atomic E-state index is 12.7. The first kappa shape index (κ1) is 17.8. The van der Waals surface area contributed by atoms with E-state index in [0.717, 1.165) is 16.6 Å². The van der Waals surface area contributed by atoms with Gasteiger partial charge >= 0.3 is 0 Å². The third kappa shape index (κ3) is 2.68. The van der Waals surface area contributed by atoms with Gasteiger partial charge in [-0.25, -0.2) is 0 Å². The van der Waals surface area contributed by atoms with Gasteiger partial charge < -0.3 is 9.67 Å². The Labute approximate surface area is 170 Å². The molecule has 0 amide bonds. The molecule has 0 fully saturated rings. The molecule has 7 heteroatoms. The lowest BCUT2D eigenvalue weighted by molar-refractivity contribution is -0.384. The van der Waals surface area contributed by atoms with E-state index in [1.165, 1.54) is 24.3 Å². The second kappa shape index (κ2) is 6.66. The van der Waals surface area contributed by atoms with E-state index in [2.05, 4.69) is 4.98 Å². The van der Waals surface area contributed by atoms with Crippen molar-refractivity contribution in [2.45, 2.75) is 6.54 Å². The van der Waals surface area contributed by atoms with Crippen LogP contribution in [0.2, 0.25) is 0 Å². The number of nitrogens with zero attached hydrogens (tertiary/aromatic N) is 3. The average Bonchev–Trinajstić information content (AvgIpc) is 2.78. The molecule has 0 saturated heterocycles. The highest BCUT2D eigenvalue weighted by molar-refractivity contribution is 5.97. The predicted octanol–water partition coefficient (Wildman–Crippen LogP) is 4.14. The molecule has 0 aliphatic carbocycles. The molecule has 0 spiro atoms. The number of nitro groups is 1. The lowest BCUT2D eigenvalue weighted by Crippen LogP contribution is -2.24. The Bertz CT molecular complexity index is 1420. The van der Waals surface area contributed by atoms with Crippen LogP contribution in [-0.4, -0.2) is 19.6 Å². The standard InChI is InChI=1S/C23H15N3O4/c27-21(14-9-11-16(12-10-14)26(29)30)20-17-6-2-1-5-15(17)13-25-19-8-4-3-7-18(19)23(28)24-22(20)25/h1-12,27H,13H2. The van der Waals surface area contributed by atoms with Crippen molar-refractivity contribution in [2.75, 3.05) is 0 Å². The number of rotatable bonds is 2. The van der Waals surface area contributed by atoms with Gasteiger partial charge in [0.2, 0.25) is 0 Å². The van der Waals surface area contributed by atoms with Crippen LogP contribution in [0.4, 0.5) is 5.69 Å².